The maximum absolute atomic E-state index is 13.5. The molecule has 0 aliphatic carbocycles. The van der Waals surface area contributed by atoms with Crippen LogP contribution in [0.1, 0.15) is 28.3 Å². The molecule has 1 N–H and O–H groups in total. The van der Waals surface area contributed by atoms with Gasteiger partial charge < -0.3 is 4.74 Å². The van der Waals surface area contributed by atoms with E-state index in [0.717, 1.165) is 5.56 Å². The van der Waals surface area contributed by atoms with Gasteiger partial charge in [0.15, 0.2) is 5.82 Å². The number of esters is 1. The standard InChI is InChI=1S/C23H19F2N3O4S/c24-23(25)28-20-12-5-4-11-19(20)27-21(28)15-32-22(29)17-9-6-10-18(13-17)33(30,31)26-14-16-7-2-1-3-8-16/h1-13,23,26H,14-15H2. The third kappa shape index (κ3) is 5.07. The van der Waals surface area contributed by atoms with Gasteiger partial charge in [-0.3, -0.25) is 4.57 Å². The van der Waals surface area contributed by atoms with Crippen molar-refractivity contribution in [2.45, 2.75) is 24.6 Å². The van der Waals surface area contributed by atoms with Crippen LogP contribution in [0.2, 0.25) is 0 Å². The van der Waals surface area contributed by atoms with E-state index in [1.165, 1.54) is 30.3 Å². The summed E-state index contributed by atoms with van der Waals surface area (Å²) in [5, 5.41) is 0. The number of imidazole rings is 1. The van der Waals surface area contributed by atoms with E-state index >= 15 is 0 Å². The minimum atomic E-state index is -3.89. The summed E-state index contributed by atoms with van der Waals surface area (Å²) in [4.78, 5) is 16.5. The van der Waals surface area contributed by atoms with E-state index < -0.39 is 29.1 Å². The van der Waals surface area contributed by atoms with Crippen molar-refractivity contribution in [3.8, 4) is 0 Å². The van der Waals surface area contributed by atoms with Crippen LogP contribution in [0, 0.1) is 0 Å². The van der Waals surface area contributed by atoms with Gasteiger partial charge in [-0.1, -0.05) is 48.5 Å². The van der Waals surface area contributed by atoms with Crippen molar-refractivity contribution in [3.05, 3.63) is 95.8 Å². The second-order valence-corrected chi connectivity index (χ2v) is 8.85. The summed E-state index contributed by atoms with van der Waals surface area (Å²) in [7, 11) is -3.89. The molecule has 0 aliphatic heterocycles. The average Bonchev–Trinajstić information content (AvgIpc) is 3.21. The van der Waals surface area contributed by atoms with Gasteiger partial charge in [0.1, 0.15) is 6.61 Å². The van der Waals surface area contributed by atoms with Crippen LogP contribution in [0.25, 0.3) is 11.0 Å². The minimum Gasteiger partial charge on any atom is -0.454 e. The zero-order chi connectivity index (χ0) is 23.4. The first-order valence-corrected chi connectivity index (χ1v) is 11.4. The zero-order valence-electron chi connectivity index (χ0n) is 17.2. The van der Waals surface area contributed by atoms with Crippen LogP contribution in [-0.4, -0.2) is 23.9 Å². The summed E-state index contributed by atoms with van der Waals surface area (Å²) < 4.78 is 60.6. The molecule has 4 rings (SSSR count). The Bertz CT molecular complexity index is 1390. The molecule has 0 atom stereocenters. The molecular formula is C23H19F2N3O4S. The van der Waals surface area contributed by atoms with Crippen LogP contribution >= 0.6 is 0 Å². The number of ether oxygens (including phenoxy) is 1. The average molecular weight is 471 g/mol. The molecule has 1 heterocycles. The summed E-state index contributed by atoms with van der Waals surface area (Å²) >= 11 is 0. The lowest BCUT2D eigenvalue weighted by Gasteiger charge is -2.10. The Morgan fingerprint density at radius 3 is 2.48 bits per heavy atom. The largest absolute Gasteiger partial charge is 0.454 e. The topological polar surface area (TPSA) is 90.3 Å². The summed E-state index contributed by atoms with van der Waals surface area (Å²) in [6, 6.07) is 20.6. The van der Waals surface area contributed by atoms with E-state index in [9.17, 15) is 22.0 Å². The number of aromatic nitrogens is 2. The highest BCUT2D eigenvalue weighted by atomic mass is 32.2. The van der Waals surface area contributed by atoms with Gasteiger partial charge in [-0.05, 0) is 35.9 Å². The lowest BCUT2D eigenvalue weighted by atomic mass is 10.2. The zero-order valence-corrected chi connectivity index (χ0v) is 18.0. The number of nitrogens with one attached hydrogen (secondary N) is 1. The monoisotopic (exact) mass is 471 g/mol. The fraction of sp³-hybridized carbons (Fsp3) is 0.130. The molecule has 0 unspecified atom stereocenters. The van der Waals surface area contributed by atoms with Gasteiger partial charge in [-0.2, -0.15) is 8.78 Å². The van der Waals surface area contributed by atoms with Crippen LogP contribution in [0.5, 0.6) is 0 Å². The quantitative estimate of drug-likeness (QED) is 0.388. The van der Waals surface area contributed by atoms with Crippen LogP contribution in [-0.2, 0) is 27.9 Å². The number of benzene rings is 3. The van der Waals surface area contributed by atoms with E-state index in [0.29, 0.717) is 10.1 Å². The number of halogens is 2. The molecule has 3 aromatic carbocycles. The number of carbonyl (C=O) groups is 1. The van der Waals surface area contributed by atoms with Crippen LogP contribution in [0.4, 0.5) is 8.78 Å². The van der Waals surface area contributed by atoms with Crippen LogP contribution in [0.15, 0.2) is 83.8 Å². The predicted octanol–water partition coefficient (Wildman–Crippen LogP) is 4.27. The van der Waals surface area contributed by atoms with Crippen molar-refractivity contribution in [3.63, 3.8) is 0 Å². The molecule has 10 heteroatoms. The summed E-state index contributed by atoms with van der Waals surface area (Å²) in [5.74, 6) is -0.976. The van der Waals surface area contributed by atoms with E-state index in [1.807, 2.05) is 6.07 Å². The van der Waals surface area contributed by atoms with E-state index in [-0.39, 0.29) is 28.3 Å². The maximum Gasteiger partial charge on any atom is 0.338 e. The van der Waals surface area contributed by atoms with E-state index in [4.69, 9.17) is 4.74 Å². The van der Waals surface area contributed by atoms with Gasteiger partial charge >= 0.3 is 12.5 Å². The molecule has 0 radical (unpaired) electrons. The first kappa shape index (κ1) is 22.6. The van der Waals surface area contributed by atoms with Crippen LogP contribution < -0.4 is 4.72 Å². The molecule has 4 aromatic rings. The lowest BCUT2D eigenvalue weighted by Crippen LogP contribution is -2.23. The van der Waals surface area contributed by atoms with Crippen molar-refractivity contribution in [1.29, 1.82) is 0 Å². The normalized spacial score (nSPS) is 11.7. The van der Waals surface area contributed by atoms with Crippen molar-refractivity contribution >= 4 is 27.0 Å². The molecule has 7 nitrogen and oxygen atoms in total. The number of fused-ring (bicyclic) bond motifs is 1. The SMILES string of the molecule is O=C(OCc1nc2ccccc2n1C(F)F)c1cccc(S(=O)(=O)NCc2ccccc2)c1. The molecule has 170 valence electrons. The van der Waals surface area contributed by atoms with Crippen molar-refractivity contribution in [2.24, 2.45) is 0 Å². The Morgan fingerprint density at radius 2 is 1.73 bits per heavy atom. The molecule has 0 saturated carbocycles. The third-order valence-corrected chi connectivity index (χ3v) is 6.28. The Balaban J connectivity index is 1.48. The molecule has 0 aliphatic rings. The molecule has 0 bridgehead atoms. The molecule has 0 amide bonds. The molecule has 0 saturated heterocycles. The number of alkyl halides is 2. The fourth-order valence-electron chi connectivity index (χ4n) is 3.28. The maximum atomic E-state index is 13.5. The minimum absolute atomic E-state index is 0.0303. The number of rotatable bonds is 8. The van der Waals surface area contributed by atoms with E-state index in [2.05, 4.69) is 9.71 Å². The number of nitrogens with zero attached hydrogens (tertiary/aromatic N) is 2. The number of hydrogen-bond acceptors (Lipinski definition) is 5. The van der Waals surface area contributed by atoms with Gasteiger partial charge in [0.25, 0.3) is 0 Å². The van der Waals surface area contributed by atoms with Gasteiger partial charge in [0.05, 0.1) is 21.5 Å². The number of carbonyl (C=O) groups excluding carboxylic acids is 1. The van der Waals surface area contributed by atoms with Gasteiger partial charge in [0.2, 0.25) is 10.0 Å². The third-order valence-electron chi connectivity index (χ3n) is 4.89. The second-order valence-electron chi connectivity index (χ2n) is 7.08. The Labute approximate surface area is 188 Å². The predicted molar refractivity (Wildman–Crippen MR) is 117 cm³/mol. The first-order valence-electron chi connectivity index (χ1n) is 9.90. The Hall–Kier alpha value is -3.63. The highest BCUT2D eigenvalue weighted by molar-refractivity contribution is 7.89. The second kappa shape index (κ2) is 9.47. The van der Waals surface area contributed by atoms with Gasteiger partial charge in [-0.15, -0.1) is 0 Å². The molecular weight excluding hydrogens is 452 g/mol. The molecule has 1 aromatic heterocycles. The highest BCUT2D eigenvalue weighted by Gasteiger charge is 2.20. The summed E-state index contributed by atoms with van der Waals surface area (Å²) in [5.41, 5.74) is 1.31. The summed E-state index contributed by atoms with van der Waals surface area (Å²) in [6.07, 6.45) is 0. The fourth-order valence-corrected chi connectivity index (χ4v) is 4.34. The van der Waals surface area contributed by atoms with Crippen molar-refractivity contribution in [1.82, 2.24) is 14.3 Å². The molecule has 0 fully saturated rings. The molecule has 33 heavy (non-hydrogen) atoms. The summed E-state index contributed by atoms with van der Waals surface area (Å²) in [6.45, 7) is -3.28. The molecule has 0 spiro atoms. The van der Waals surface area contributed by atoms with Crippen LogP contribution in [0.3, 0.4) is 0 Å². The van der Waals surface area contributed by atoms with E-state index in [1.54, 1.807) is 42.5 Å². The highest BCUT2D eigenvalue weighted by Crippen LogP contribution is 2.24. The number of para-hydroxylation sites is 2. The Kier molecular flexibility index (Phi) is 6.47. The van der Waals surface area contributed by atoms with Crippen molar-refractivity contribution < 1.29 is 26.7 Å². The first-order chi connectivity index (χ1) is 15.8. The lowest BCUT2D eigenvalue weighted by molar-refractivity contribution is 0.0387. The number of sulfonamides is 1. The van der Waals surface area contributed by atoms with Gasteiger partial charge in [-0.25, -0.2) is 22.9 Å². The van der Waals surface area contributed by atoms with Gasteiger partial charge in [0, 0.05) is 6.54 Å². The Morgan fingerprint density at radius 1 is 1.00 bits per heavy atom. The number of hydrogen-bond donors (Lipinski definition) is 1. The van der Waals surface area contributed by atoms with Crippen molar-refractivity contribution in [2.75, 3.05) is 0 Å². The smallest absolute Gasteiger partial charge is 0.338 e.